The minimum Gasteiger partial charge on any atom is -0.487 e. The number of aromatic nitrogens is 5. The fourth-order valence-electron chi connectivity index (χ4n) is 3.38. The second-order valence-corrected chi connectivity index (χ2v) is 7.22. The molecule has 0 aliphatic rings. The van der Waals surface area contributed by atoms with Gasteiger partial charge in [0.15, 0.2) is 5.82 Å². The zero-order valence-corrected chi connectivity index (χ0v) is 17.3. The number of fused-ring (bicyclic) bond motifs is 1. The van der Waals surface area contributed by atoms with Crippen LogP contribution in [0.25, 0.3) is 28.3 Å². The van der Waals surface area contributed by atoms with Gasteiger partial charge < -0.3 is 13.6 Å². The average Bonchev–Trinajstić information content (AvgIpc) is 3.51. The lowest BCUT2D eigenvalue weighted by Crippen LogP contribution is -2.01. The van der Waals surface area contributed by atoms with E-state index >= 15 is 0 Å². The van der Waals surface area contributed by atoms with Crippen LogP contribution in [0.4, 0.5) is 0 Å². The Balaban J connectivity index is 1.35. The molecule has 0 saturated heterocycles. The maximum absolute atomic E-state index is 5.98. The van der Waals surface area contributed by atoms with Crippen molar-refractivity contribution in [1.29, 1.82) is 0 Å². The summed E-state index contributed by atoms with van der Waals surface area (Å²) in [6.45, 7) is 4.29. The van der Waals surface area contributed by atoms with E-state index in [1.165, 1.54) is 0 Å². The smallest absolute Gasteiger partial charge is 0.226 e. The van der Waals surface area contributed by atoms with Crippen LogP contribution in [0.2, 0.25) is 0 Å². The summed E-state index contributed by atoms with van der Waals surface area (Å²) in [7, 11) is 0. The van der Waals surface area contributed by atoms with Gasteiger partial charge in [0, 0.05) is 23.4 Å². The fraction of sp³-hybridized carbons (Fsp3) is 0.217. The highest BCUT2D eigenvalue weighted by molar-refractivity contribution is 5.81. The third kappa shape index (κ3) is 3.79. The number of nitrogens with zero attached hydrogens (tertiary/aromatic N) is 5. The van der Waals surface area contributed by atoms with Gasteiger partial charge in [0.2, 0.25) is 11.8 Å². The minimum atomic E-state index is 0.312. The molecule has 0 aliphatic carbocycles. The zero-order valence-electron chi connectivity index (χ0n) is 17.3. The van der Waals surface area contributed by atoms with Crippen LogP contribution in [0.3, 0.4) is 0 Å². The van der Waals surface area contributed by atoms with Gasteiger partial charge in [-0.05, 0) is 54.1 Å². The molecule has 0 radical (unpaired) electrons. The van der Waals surface area contributed by atoms with Crippen LogP contribution in [-0.4, -0.2) is 25.2 Å². The van der Waals surface area contributed by atoms with E-state index in [1.54, 1.807) is 4.68 Å². The molecule has 0 N–H and O–H groups in total. The molecule has 3 heterocycles. The molecule has 3 aromatic heterocycles. The quantitative estimate of drug-likeness (QED) is 0.373. The van der Waals surface area contributed by atoms with E-state index in [1.807, 2.05) is 61.5 Å². The Hall–Kier alpha value is -3.94. The first-order valence-electron chi connectivity index (χ1n) is 10.2. The Morgan fingerprint density at radius 3 is 2.74 bits per heavy atom. The van der Waals surface area contributed by atoms with Crippen molar-refractivity contribution in [1.82, 2.24) is 25.2 Å². The zero-order chi connectivity index (χ0) is 21.2. The highest BCUT2D eigenvalue weighted by Gasteiger charge is 2.14. The molecule has 5 rings (SSSR count). The standard InChI is InChI=1S/C23H21N5O3/c1-3-7-21-25-26-27-28(21)22-13-17-12-18(10-11-20(17)31-22)29-14-19-15(2)30-23(24-19)16-8-5-4-6-9-16/h4-6,8-13H,3,7,14H2,1-2H3. The van der Waals surface area contributed by atoms with Crippen LogP contribution in [0.15, 0.2) is 63.4 Å². The normalized spacial score (nSPS) is 11.3. The van der Waals surface area contributed by atoms with Gasteiger partial charge in [-0.3, -0.25) is 0 Å². The lowest BCUT2D eigenvalue weighted by Gasteiger charge is -2.04. The number of tetrazole rings is 1. The van der Waals surface area contributed by atoms with Gasteiger partial charge in [-0.25, -0.2) is 4.98 Å². The lowest BCUT2D eigenvalue weighted by atomic mass is 10.2. The molecule has 0 atom stereocenters. The summed E-state index contributed by atoms with van der Waals surface area (Å²) >= 11 is 0. The van der Waals surface area contributed by atoms with E-state index in [4.69, 9.17) is 13.6 Å². The number of furan rings is 1. The summed E-state index contributed by atoms with van der Waals surface area (Å²) in [5.41, 5.74) is 2.45. The van der Waals surface area contributed by atoms with Gasteiger partial charge in [0.05, 0.1) is 0 Å². The minimum absolute atomic E-state index is 0.312. The van der Waals surface area contributed by atoms with E-state index in [0.717, 1.165) is 46.7 Å². The van der Waals surface area contributed by atoms with Crippen molar-refractivity contribution in [3.63, 3.8) is 0 Å². The topological polar surface area (TPSA) is 92.0 Å². The highest BCUT2D eigenvalue weighted by Crippen LogP contribution is 2.28. The molecule has 0 saturated carbocycles. The molecule has 156 valence electrons. The first-order valence-corrected chi connectivity index (χ1v) is 10.2. The van der Waals surface area contributed by atoms with E-state index < -0.39 is 0 Å². The summed E-state index contributed by atoms with van der Waals surface area (Å²) in [5.74, 6) is 3.41. The molecule has 0 unspecified atom stereocenters. The predicted molar refractivity (Wildman–Crippen MR) is 114 cm³/mol. The number of ether oxygens (including phenoxy) is 1. The number of oxazole rings is 1. The second-order valence-electron chi connectivity index (χ2n) is 7.22. The molecule has 31 heavy (non-hydrogen) atoms. The number of benzene rings is 2. The first-order chi connectivity index (χ1) is 15.2. The van der Waals surface area contributed by atoms with Gasteiger partial charge in [-0.2, -0.15) is 4.68 Å². The van der Waals surface area contributed by atoms with Crippen molar-refractivity contribution in [2.45, 2.75) is 33.3 Å². The van der Waals surface area contributed by atoms with E-state index in [2.05, 4.69) is 27.4 Å². The summed E-state index contributed by atoms with van der Waals surface area (Å²) in [6.07, 6.45) is 1.73. The molecule has 0 fully saturated rings. The van der Waals surface area contributed by atoms with Crippen LogP contribution in [-0.2, 0) is 13.0 Å². The monoisotopic (exact) mass is 415 g/mol. The Bertz CT molecular complexity index is 1320. The number of aryl methyl sites for hydroxylation is 2. The van der Waals surface area contributed by atoms with Gasteiger partial charge in [0.1, 0.15) is 29.4 Å². The van der Waals surface area contributed by atoms with E-state index in [9.17, 15) is 0 Å². The summed E-state index contributed by atoms with van der Waals surface area (Å²) in [6, 6.07) is 17.4. The van der Waals surface area contributed by atoms with Crippen LogP contribution in [0.1, 0.15) is 30.6 Å². The fourth-order valence-corrected chi connectivity index (χ4v) is 3.38. The molecule has 0 bridgehead atoms. The maximum Gasteiger partial charge on any atom is 0.226 e. The van der Waals surface area contributed by atoms with Crippen LogP contribution >= 0.6 is 0 Å². The number of hydrogen-bond donors (Lipinski definition) is 0. The summed E-state index contributed by atoms with van der Waals surface area (Å²) < 4.78 is 19.3. The second kappa shape index (κ2) is 8.06. The van der Waals surface area contributed by atoms with Gasteiger partial charge in [-0.15, -0.1) is 5.10 Å². The first kappa shape index (κ1) is 19.0. The maximum atomic E-state index is 5.98. The summed E-state index contributed by atoms with van der Waals surface area (Å²) in [5, 5.41) is 12.8. The Morgan fingerprint density at radius 1 is 1.03 bits per heavy atom. The van der Waals surface area contributed by atoms with Crippen molar-refractivity contribution in [3.05, 3.63) is 71.9 Å². The lowest BCUT2D eigenvalue weighted by molar-refractivity contribution is 0.300. The molecular formula is C23H21N5O3. The third-order valence-electron chi connectivity index (χ3n) is 4.98. The SMILES string of the molecule is CCCc1nnnn1-c1cc2cc(OCc3nc(-c4ccccc4)oc3C)ccc2o1. The molecule has 5 aromatic rings. The number of rotatable bonds is 7. The molecule has 8 nitrogen and oxygen atoms in total. The van der Waals surface area contributed by atoms with Crippen LogP contribution < -0.4 is 4.74 Å². The van der Waals surface area contributed by atoms with Gasteiger partial charge >= 0.3 is 0 Å². The number of hydrogen-bond acceptors (Lipinski definition) is 7. The van der Waals surface area contributed by atoms with Crippen molar-refractivity contribution >= 4 is 11.0 Å². The largest absolute Gasteiger partial charge is 0.487 e. The Labute approximate surface area is 178 Å². The highest BCUT2D eigenvalue weighted by atomic mass is 16.5. The average molecular weight is 415 g/mol. The predicted octanol–water partition coefficient (Wildman–Crippen LogP) is 4.90. The van der Waals surface area contributed by atoms with E-state index in [-0.39, 0.29) is 0 Å². The molecule has 0 amide bonds. The molecular weight excluding hydrogens is 394 g/mol. The van der Waals surface area contributed by atoms with Crippen molar-refractivity contribution in [3.8, 4) is 23.1 Å². The molecule has 2 aromatic carbocycles. The third-order valence-corrected chi connectivity index (χ3v) is 4.98. The Kier molecular flexibility index (Phi) is 4.95. The van der Waals surface area contributed by atoms with Gasteiger partial charge in [-0.1, -0.05) is 25.1 Å². The molecule has 0 spiro atoms. The van der Waals surface area contributed by atoms with Gasteiger partial charge in [0.25, 0.3) is 0 Å². The molecule has 8 heteroatoms. The van der Waals surface area contributed by atoms with Crippen molar-refractivity contribution in [2.75, 3.05) is 0 Å². The molecule has 0 aliphatic heterocycles. The van der Waals surface area contributed by atoms with Crippen LogP contribution in [0, 0.1) is 6.92 Å². The Morgan fingerprint density at radius 2 is 1.90 bits per heavy atom. The van der Waals surface area contributed by atoms with Crippen LogP contribution in [0.5, 0.6) is 5.75 Å². The van der Waals surface area contributed by atoms with E-state index in [0.29, 0.717) is 24.1 Å². The summed E-state index contributed by atoms with van der Waals surface area (Å²) in [4.78, 5) is 4.59. The van der Waals surface area contributed by atoms with Crippen molar-refractivity contribution < 1.29 is 13.6 Å². The van der Waals surface area contributed by atoms with Crippen molar-refractivity contribution in [2.24, 2.45) is 0 Å².